The first kappa shape index (κ1) is 30.4. The van der Waals surface area contributed by atoms with Crippen LogP contribution in [-0.4, -0.2) is 43.7 Å². The number of aromatic nitrogens is 2. The molecule has 1 aliphatic heterocycles. The van der Waals surface area contributed by atoms with Gasteiger partial charge in [0.15, 0.2) is 5.69 Å². The van der Waals surface area contributed by atoms with Crippen molar-refractivity contribution in [1.82, 2.24) is 14.9 Å². The third-order valence-electron chi connectivity index (χ3n) is 6.28. The molecule has 10 nitrogen and oxygen atoms in total. The molecule has 2 atom stereocenters. The van der Waals surface area contributed by atoms with Crippen molar-refractivity contribution in [3.05, 3.63) is 94.4 Å². The average Bonchev–Trinajstić information content (AvgIpc) is 3.12. The topological polar surface area (TPSA) is 126 Å². The van der Waals surface area contributed by atoms with Crippen LogP contribution in [0.15, 0.2) is 70.9 Å². The highest BCUT2D eigenvalue weighted by Gasteiger charge is 2.33. The van der Waals surface area contributed by atoms with Gasteiger partial charge in [0, 0.05) is 18.2 Å². The molecule has 2 heterocycles. The Bertz CT molecular complexity index is 1580. The number of carbonyl (C=O) groups is 1. The largest absolute Gasteiger partial charge is 0.493 e. The van der Waals surface area contributed by atoms with Gasteiger partial charge in [0.25, 0.3) is 11.5 Å². The zero-order valence-corrected chi connectivity index (χ0v) is 24.6. The number of amides is 1. The summed E-state index contributed by atoms with van der Waals surface area (Å²) in [5.41, 5.74) is -0.901. The quantitative estimate of drug-likeness (QED) is 0.140. The first-order valence-corrected chi connectivity index (χ1v) is 15.2. The molecule has 1 N–H and O–H groups in total. The van der Waals surface area contributed by atoms with Gasteiger partial charge < -0.3 is 19.0 Å². The lowest BCUT2D eigenvalue weighted by molar-refractivity contribution is 0.0942. The van der Waals surface area contributed by atoms with Crippen molar-refractivity contribution in [3.8, 4) is 11.5 Å². The molecule has 0 aliphatic carbocycles. The summed E-state index contributed by atoms with van der Waals surface area (Å²) < 4.78 is 58.1. The highest BCUT2D eigenvalue weighted by atomic mass is 79.9. The van der Waals surface area contributed by atoms with E-state index in [0.29, 0.717) is 18.4 Å². The van der Waals surface area contributed by atoms with Gasteiger partial charge in [-0.3, -0.25) is 14.2 Å². The van der Waals surface area contributed by atoms with Gasteiger partial charge in [-0.1, -0.05) is 53.2 Å². The van der Waals surface area contributed by atoms with Gasteiger partial charge in [-0.2, -0.15) is 8.42 Å². The standard InChI is InChI=1S/C28H29BrFN3O7S/c1-3-5-13-39-23-14-19(30)12-11-18(23)15-31-27(34)24-25(40-41(36,37)21-9-7-6-8-10-21)28(35)33-20(4-2)16-38-17-22(29)26(33)32-24/h3,6-12,14,20,22H,1,4-5,13,15-17H2,2H3,(H,31,34)/t20-,22?/m0/s1. The van der Waals surface area contributed by atoms with E-state index in [2.05, 4.69) is 32.8 Å². The van der Waals surface area contributed by atoms with Gasteiger partial charge >= 0.3 is 10.1 Å². The Balaban J connectivity index is 1.76. The smallest absolute Gasteiger partial charge is 0.339 e. The van der Waals surface area contributed by atoms with Crippen LogP contribution in [0.2, 0.25) is 0 Å². The molecule has 1 aliphatic rings. The van der Waals surface area contributed by atoms with Crippen LogP contribution in [0.25, 0.3) is 0 Å². The van der Waals surface area contributed by atoms with E-state index in [-0.39, 0.29) is 42.8 Å². The molecule has 0 spiro atoms. The lowest BCUT2D eigenvalue weighted by Gasteiger charge is -2.21. The monoisotopic (exact) mass is 649 g/mol. The second kappa shape index (κ2) is 13.4. The Kier molecular flexibility index (Phi) is 9.94. The predicted octanol–water partition coefficient (Wildman–Crippen LogP) is 4.45. The first-order valence-electron chi connectivity index (χ1n) is 12.8. The van der Waals surface area contributed by atoms with E-state index in [1.54, 1.807) is 12.1 Å². The molecule has 0 fully saturated rings. The van der Waals surface area contributed by atoms with Crippen LogP contribution in [0, 0.1) is 5.82 Å². The Labute approximate surface area is 245 Å². The van der Waals surface area contributed by atoms with Crippen LogP contribution in [-0.2, 0) is 21.4 Å². The van der Waals surface area contributed by atoms with Gasteiger partial charge in [0.05, 0.1) is 30.7 Å². The second-order valence-corrected chi connectivity index (χ2v) is 11.8. The molecule has 1 aromatic heterocycles. The molecular weight excluding hydrogens is 621 g/mol. The number of fused-ring (bicyclic) bond motifs is 1. The van der Waals surface area contributed by atoms with E-state index in [1.165, 1.54) is 47.0 Å². The van der Waals surface area contributed by atoms with Crippen molar-refractivity contribution < 1.29 is 31.3 Å². The van der Waals surface area contributed by atoms with Crippen molar-refractivity contribution >= 4 is 32.0 Å². The number of benzene rings is 2. The van der Waals surface area contributed by atoms with E-state index in [1.807, 2.05) is 6.92 Å². The normalized spacial score (nSPS) is 16.8. The first-order chi connectivity index (χ1) is 19.7. The number of alkyl halides is 1. The Morgan fingerprint density at radius 2 is 2.02 bits per heavy atom. The molecule has 4 rings (SSSR count). The fourth-order valence-electron chi connectivity index (χ4n) is 4.16. The maximum absolute atomic E-state index is 13.9. The minimum absolute atomic E-state index is 0.133. The summed E-state index contributed by atoms with van der Waals surface area (Å²) in [6.45, 7) is 5.95. The lowest BCUT2D eigenvalue weighted by atomic mass is 10.2. The summed E-state index contributed by atoms with van der Waals surface area (Å²) in [6, 6.07) is 10.6. The number of halogens is 2. The molecule has 0 radical (unpaired) electrons. The summed E-state index contributed by atoms with van der Waals surface area (Å²) in [5, 5.41) is 2.63. The fraction of sp³-hybridized carbons (Fsp3) is 0.321. The van der Waals surface area contributed by atoms with Crippen molar-refractivity contribution in [2.24, 2.45) is 0 Å². The Hall–Kier alpha value is -3.55. The maximum Gasteiger partial charge on any atom is 0.339 e. The van der Waals surface area contributed by atoms with E-state index < -0.39 is 49.7 Å². The molecule has 1 amide bonds. The molecule has 218 valence electrons. The molecule has 0 saturated heterocycles. The van der Waals surface area contributed by atoms with E-state index in [9.17, 15) is 22.4 Å². The molecule has 13 heteroatoms. The zero-order valence-electron chi connectivity index (χ0n) is 22.2. The van der Waals surface area contributed by atoms with Crippen LogP contribution in [0.3, 0.4) is 0 Å². The number of hydrogen-bond donors (Lipinski definition) is 1. The number of nitrogens with one attached hydrogen (secondary N) is 1. The van der Waals surface area contributed by atoms with E-state index >= 15 is 0 Å². The van der Waals surface area contributed by atoms with Gasteiger partial charge in [-0.15, -0.1) is 6.58 Å². The summed E-state index contributed by atoms with van der Waals surface area (Å²) in [4.78, 5) is 31.0. The summed E-state index contributed by atoms with van der Waals surface area (Å²) in [5.74, 6) is -1.72. The van der Waals surface area contributed by atoms with E-state index in [0.717, 1.165) is 0 Å². The lowest BCUT2D eigenvalue weighted by Crippen LogP contribution is -2.36. The number of hydrogen-bond acceptors (Lipinski definition) is 8. The van der Waals surface area contributed by atoms with Crippen molar-refractivity contribution in [1.29, 1.82) is 0 Å². The third-order valence-corrected chi connectivity index (χ3v) is 8.19. The molecule has 2 aromatic carbocycles. The zero-order chi connectivity index (χ0) is 29.6. The minimum Gasteiger partial charge on any atom is -0.493 e. The molecule has 41 heavy (non-hydrogen) atoms. The molecule has 0 saturated carbocycles. The number of carbonyl (C=O) groups excluding carboxylic acids is 1. The predicted molar refractivity (Wildman–Crippen MR) is 152 cm³/mol. The molecule has 0 bridgehead atoms. The summed E-state index contributed by atoms with van der Waals surface area (Å²) >= 11 is 3.46. The highest BCUT2D eigenvalue weighted by molar-refractivity contribution is 9.09. The summed E-state index contributed by atoms with van der Waals surface area (Å²) in [6.07, 6.45) is 2.65. The Morgan fingerprint density at radius 3 is 2.73 bits per heavy atom. The van der Waals surface area contributed by atoms with Crippen molar-refractivity contribution in [2.75, 3.05) is 19.8 Å². The van der Waals surface area contributed by atoms with Gasteiger partial charge in [0.1, 0.15) is 22.3 Å². The fourth-order valence-corrected chi connectivity index (χ4v) is 5.63. The third kappa shape index (κ3) is 7.03. The van der Waals surface area contributed by atoms with Crippen LogP contribution >= 0.6 is 15.9 Å². The van der Waals surface area contributed by atoms with Crippen LogP contribution in [0.4, 0.5) is 4.39 Å². The summed E-state index contributed by atoms with van der Waals surface area (Å²) in [7, 11) is -4.50. The number of nitrogens with zero attached hydrogens (tertiary/aromatic N) is 2. The van der Waals surface area contributed by atoms with Crippen LogP contribution in [0.1, 0.15) is 52.5 Å². The highest BCUT2D eigenvalue weighted by Crippen LogP contribution is 2.31. The van der Waals surface area contributed by atoms with Crippen LogP contribution < -0.4 is 19.8 Å². The van der Waals surface area contributed by atoms with E-state index in [4.69, 9.17) is 13.7 Å². The van der Waals surface area contributed by atoms with Gasteiger partial charge in [-0.25, -0.2) is 9.37 Å². The Morgan fingerprint density at radius 1 is 1.27 bits per heavy atom. The minimum atomic E-state index is -4.50. The van der Waals surface area contributed by atoms with Crippen molar-refractivity contribution in [2.45, 2.75) is 42.1 Å². The van der Waals surface area contributed by atoms with Crippen LogP contribution in [0.5, 0.6) is 11.5 Å². The number of ether oxygens (including phenoxy) is 2. The average molecular weight is 651 g/mol. The molecular formula is C28H29BrFN3O7S. The SMILES string of the molecule is C=CCCOc1cc(F)ccc1CNC(=O)c1nc2n(c(=O)c1OS(=O)(=O)c1ccccc1)[C@@H](CC)COCC2Br. The van der Waals surface area contributed by atoms with Gasteiger partial charge in [-0.05, 0) is 31.0 Å². The number of rotatable bonds is 11. The molecule has 3 aromatic rings. The van der Waals surface area contributed by atoms with Gasteiger partial charge in [0.2, 0.25) is 5.75 Å². The second-order valence-electron chi connectivity index (χ2n) is 9.10. The molecule has 1 unspecified atom stereocenters. The maximum atomic E-state index is 13.9. The van der Waals surface area contributed by atoms with Crippen molar-refractivity contribution in [3.63, 3.8) is 0 Å².